The lowest BCUT2D eigenvalue weighted by Crippen LogP contribution is -2.48. The van der Waals surface area contributed by atoms with Crippen LogP contribution in [-0.4, -0.2) is 34.7 Å². The average molecular weight is 260 g/mol. The molecule has 0 aromatic heterocycles. The first-order valence-corrected chi connectivity index (χ1v) is 7.06. The van der Waals surface area contributed by atoms with Crippen molar-refractivity contribution in [1.29, 1.82) is 0 Å². The van der Waals surface area contributed by atoms with Crippen LogP contribution in [0.25, 0.3) is 0 Å². The Balaban J connectivity index is 1.95. The highest BCUT2D eigenvalue weighted by Gasteiger charge is 2.32. The van der Waals surface area contributed by atoms with E-state index in [4.69, 9.17) is 5.21 Å². The van der Waals surface area contributed by atoms with Crippen LogP contribution in [-0.2, 0) is 0 Å². The number of fused-ring (bicyclic) bond motifs is 1. The lowest BCUT2D eigenvalue weighted by molar-refractivity contribution is 0.104. The van der Waals surface area contributed by atoms with Gasteiger partial charge in [-0.15, -0.1) is 0 Å². The molecule has 1 aromatic rings. The molecule has 102 valence electrons. The second-order valence-electron chi connectivity index (χ2n) is 5.43. The van der Waals surface area contributed by atoms with E-state index in [0.29, 0.717) is 0 Å². The summed E-state index contributed by atoms with van der Waals surface area (Å²) < 4.78 is 0. The fourth-order valence-electron chi connectivity index (χ4n) is 3.35. The Hall–Kier alpha value is -1.55. The number of nitrogens with zero attached hydrogens (tertiary/aromatic N) is 2. The third-order valence-corrected chi connectivity index (χ3v) is 4.33. The highest BCUT2D eigenvalue weighted by atomic mass is 16.4. The first-order valence-electron chi connectivity index (χ1n) is 7.06. The first kappa shape index (κ1) is 12.5. The molecule has 0 amide bonds. The number of para-hydroxylation sites is 1. The van der Waals surface area contributed by atoms with Gasteiger partial charge in [0.1, 0.15) is 0 Å². The molecule has 0 spiro atoms. The lowest BCUT2D eigenvalue weighted by Gasteiger charge is -2.42. The number of oxime groups is 1. The van der Waals surface area contributed by atoms with Crippen LogP contribution in [0.5, 0.6) is 0 Å². The van der Waals surface area contributed by atoms with Crippen molar-refractivity contribution in [2.24, 2.45) is 5.16 Å². The summed E-state index contributed by atoms with van der Waals surface area (Å²) in [5, 5.41) is 22.8. The third kappa shape index (κ3) is 2.21. The van der Waals surface area contributed by atoms with Crippen LogP contribution >= 0.6 is 0 Å². The van der Waals surface area contributed by atoms with Crippen LogP contribution in [0.15, 0.2) is 29.4 Å². The minimum absolute atomic E-state index is 0.204. The van der Waals surface area contributed by atoms with E-state index in [0.717, 1.165) is 49.2 Å². The fraction of sp³-hybridized carbons (Fsp3) is 0.533. The summed E-state index contributed by atoms with van der Waals surface area (Å²) in [6, 6.07) is 8.22. The van der Waals surface area contributed by atoms with Gasteiger partial charge in [0.05, 0.1) is 17.9 Å². The van der Waals surface area contributed by atoms with Gasteiger partial charge in [0.15, 0.2) is 0 Å². The number of anilines is 1. The quantitative estimate of drug-likeness (QED) is 0.602. The van der Waals surface area contributed by atoms with E-state index in [9.17, 15) is 5.11 Å². The zero-order chi connectivity index (χ0) is 13.2. The monoisotopic (exact) mass is 260 g/mol. The normalized spacial score (nSPS) is 29.3. The fourth-order valence-corrected chi connectivity index (χ4v) is 3.35. The Bertz CT molecular complexity index is 487. The largest absolute Gasteiger partial charge is 0.411 e. The van der Waals surface area contributed by atoms with Gasteiger partial charge in [-0.2, -0.15) is 0 Å². The van der Waals surface area contributed by atoms with Crippen molar-refractivity contribution >= 4 is 11.4 Å². The molecule has 2 N–H and O–H groups in total. The SMILES string of the molecule is ON=C1CCN(C2CCCCC2O)c2ccccc21. The molecule has 1 heterocycles. The topological polar surface area (TPSA) is 56.1 Å². The molecule has 2 atom stereocenters. The van der Waals surface area contributed by atoms with Gasteiger partial charge in [0.2, 0.25) is 0 Å². The summed E-state index contributed by atoms with van der Waals surface area (Å²) in [6.07, 6.45) is 4.73. The summed E-state index contributed by atoms with van der Waals surface area (Å²) in [7, 11) is 0. The van der Waals surface area contributed by atoms with Gasteiger partial charge in [0.25, 0.3) is 0 Å². The van der Waals surface area contributed by atoms with Crippen molar-refractivity contribution < 1.29 is 10.3 Å². The zero-order valence-electron chi connectivity index (χ0n) is 11.0. The van der Waals surface area contributed by atoms with Crippen molar-refractivity contribution in [2.45, 2.75) is 44.2 Å². The smallest absolute Gasteiger partial charge is 0.0906 e. The number of hydrogen-bond donors (Lipinski definition) is 2. The molecule has 1 aliphatic carbocycles. The summed E-state index contributed by atoms with van der Waals surface area (Å²) in [5.41, 5.74) is 2.83. The van der Waals surface area contributed by atoms with Crippen molar-refractivity contribution in [3.8, 4) is 0 Å². The van der Waals surface area contributed by atoms with Crippen molar-refractivity contribution in [2.75, 3.05) is 11.4 Å². The predicted octanol–water partition coefficient (Wildman–Crippen LogP) is 2.38. The maximum Gasteiger partial charge on any atom is 0.0906 e. The van der Waals surface area contributed by atoms with Gasteiger partial charge in [-0.05, 0) is 18.9 Å². The van der Waals surface area contributed by atoms with Gasteiger partial charge in [-0.3, -0.25) is 0 Å². The molecule has 1 saturated carbocycles. The molecule has 1 aromatic carbocycles. The summed E-state index contributed by atoms with van der Waals surface area (Å²) in [6.45, 7) is 0.818. The number of aliphatic hydroxyl groups excluding tert-OH is 1. The molecular formula is C15H20N2O2. The average Bonchev–Trinajstić information content (AvgIpc) is 2.47. The Kier molecular flexibility index (Phi) is 3.42. The van der Waals surface area contributed by atoms with Crippen molar-refractivity contribution in [1.82, 2.24) is 0 Å². The third-order valence-electron chi connectivity index (χ3n) is 4.33. The van der Waals surface area contributed by atoms with Crippen LogP contribution in [0.3, 0.4) is 0 Å². The van der Waals surface area contributed by atoms with Gasteiger partial charge in [-0.1, -0.05) is 36.2 Å². The lowest BCUT2D eigenvalue weighted by atomic mass is 9.88. The predicted molar refractivity (Wildman–Crippen MR) is 75.0 cm³/mol. The Labute approximate surface area is 113 Å². The highest BCUT2D eigenvalue weighted by Crippen LogP contribution is 2.33. The molecule has 1 fully saturated rings. The van der Waals surface area contributed by atoms with Crippen molar-refractivity contribution in [3.63, 3.8) is 0 Å². The van der Waals surface area contributed by atoms with Gasteiger partial charge >= 0.3 is 0 Å². The second kappa shape index (κ2) is 5.21. The summed E-state index contributed by atoms with van der Waals surface area (Å²) >= 11 is 0. The molecule has 4 heteroatoms. The minimum atomic E-state index is -0.241. The van der Waals surface area contributed by atoms with Crippen molar-refractivity contribution in [3.05, 3.63) is 29.8 Å². The molecule has 2 unspecified atom stereocenters. The van der Waals surface area contributed by atoms with Crippen LogP contribution in [0, 0.1) is 0 Å². The highest BCUT2D eigenvalue weighted by molar-refractivity contribution is 6.06. The molecule has 0 saturated heterocycles. The van der Waals surface area contributed by atoms with E-state index < -0.39 is 0 Å². The van der Waals surface area contributed by atoms with Gasteiger partial charge < -0.3 is 15.2 Å². The van der Waals surface area contributed by atoms with E-state index >= 15 is 0 Å². The van der Waals surface area contributed by atoms with E-state index in [1.54, 1.807) is 0 Å². The van der Waals surface area contributed by atoms with Crippen LogP contribution in [0.4, 0.5) is 5.69 Å². The standard InChI is InChI=1S/C15H20N2O2/c18-15-8-4-3-7-14(15)17-10-9-12(16-19)11-5-1-2-6-13(11)17/h1-2,5-6,14-15,18-19H,3-4,7-10H2. The van der Waals surface area contributed by atoms with Gasteiger partial charge in [-0.25, -0.2) is 0 Å². The number of hydrogen-bond acceptors (Lipinski definition) is 4. The van der Waals surface area contributed by atoms with Gasteiger partial charge in [0, 0.05) is 24.2 Å². The van der Waals surface area contributed by atoms with E-state index in [1.807, 2.05) is 18.2 Å². The number of benzene rings is 1. The maximum absolute atomic E-state index is 10.2. The summed E-state index contributed by atoms with van der Waals surface area (Å²) in [5.74, 6) is 0. The molecular weight excluding hydrogens is 240 g/mol. The Morgan fingerprint density at radius 2 is 1.95 bits per heavy atom. The molecule has 0 radical (unpaired) electrons. The Morgan fingerprint density at radius 3 is 2.74 bits per heavy atom. The summed E-state index contributed by atoms with van der Waals surface area (Å²) in [4.78, 5) is 2.30. The number of rotatable bonds is 1. The first-order chi connectivity index (χ1) is 9.31. The minimum Gasteiger partial charge on any atom is -0.411 e. The second-order valence-corrected chi connectivity index (χ2v) is 5.43. The van der Waals surface area contributed by atoms with Crippen LogP contribution < -0.4 is 4.90 Å². The molecule has 19 heavy (non-hydrogen) atoms. The van der Waals surface area contributed by atoms with Crippen LogP contribution in [0.2, 0.25) is 0 Å². The van der Waals surface area contributed by atoms with E-state index in [1.165, 1.54) is 6.42 Å². The molecule has 3 rings (SSSR count). The zero-order valence-corrected chi connectivity index (χ0v) is 11.0. The van der Waals surface area contributed by atoms with E-state index in [2.05, 4.69) is 16.1 Å². The van der Waals surface area contributed by atoms with Crippen LogP contribution in [0.1, 0.15) is 37.7 Å². The molecule has 0 bridgehead atoms. The van der Waals surface area contributed by atoms with E-state index in [-0.39, 0.29) is 12.1 Å². The Morgan fingerprint density at radius 1 is 1.16 bits per heavy atom. The molecule has 1 aliphatic heterocycles. The maximum atomic E-state index is 10.2. The molecule has 4 nitrogen and oxygen atoms in total. The molecule has 2 aliphatic rings. The number of aliphatic hydroxyl groups is 1.